The summed E-state index contributed by atoms with van der Waals surface area (Å²) in [5, 5.41) is 2.58. The number of anilines is 1. The number of pyridine rings is 1. The topological polar surface area (TPSA) is 61.5 Å². The third kappa shape index (κ3) is 9.88. The van der Waals surface area contributed by atoms with Crippen LogP contribution >= 0.6 is 0 Å². The lowest BCUT2D eigenvalue weighted by Crippen LogP contribution is -2.33. The molecule has 6 heteroatoms. The highest BCUT2D eigenvalue weighted by Crippen LogP contribution is 2.31. The first kappa shape index (κ1) is 29.9. The molecule has 38 heavy (non-hydrogen) atoms. The fourth-order valence-electron chi connectivity index (χ4n) is 4.89. The normalized spacial score (nSPS) is 12.0. The maximum atomic E-state index is 10.9. The van der Waals surface area contributed by atoms with Gasteiger partial charge in [-0.2, -0.15) is 8.42 Å². The minimum absolute atomic E-state index is 0.223. The molecule has 0 aliphatic heterocycles. The average molecular weight is 538 g/mol. The maximum Gasteiger partial charge on any atom is 0.265 e. The second-order valence-electron chi connectivity index (χ2n) is 10.2. The molecule has 3 rings (SSSR count). The Morgan fingerprint density at radius 1 is 0.763 bits per heavy atom. The highest BCUT2D eigenvalue weighted by atomic mass is 32.2. The number of aryl methyl sites for hydroxylation is 1. The first-order valence-corrected chi connectivity index (χ1v) is 15.9. The molecule has 206 valence electrons. The Labute approximate surface area is 230 Å². The molecule has 2 aromatic carbocycles. The predicted molar refractivity (Wildman–Crippen MR) is 161 cm³/mol. The average Bonchev–Trinajstić information content (AvgIpc) is 2.91. The van der Waals surface area contributed by atoms with Gasteiger partial charge in [0.2, 0.25) is 0 Å². The Kier molecular flexibility index (Phi) is 12.3. The van der Waals surface area contributed by atoms with Gasteiger partial charge in [0.1, 0.15) is 6.54 Å². The Morgan fingerprint density at radius 2 is 1.39 bits per heavy atom. The van der Waals surface area contributed by atoms with Gasteiger partial charge in [-0.25, -0.2) is 4.57 Å². The molecular formula is C32H45N2O3S+. The lowest BCUT2D eigenvalue weighted by molar-refractivity contribution is -0.696. The van der Waals surface area contributed by atoms with Gasteiger partial charge in [-0.15, -0.1) is 0 Å². The number of rotatable bonds is 17. The molecule has 0 saturated heterocycles. The van der Waals surface area contributed by atoms with Crippen molar-refractivity contribution < 1.29 is 17.5 Å². The van der Waals surface area contributed by atoms with Gasteiger partial charge in [-0.1, -0.05) is 94.9 Å². The third-order valence-electron chi connectivity index (χ3n) is 7.03. The van der Waals surface area contributed by atoms with Gasteiger partial charge in [-0.3, -0.25) is 4.55 Å². The van der Waals surface area contributed by atoms with E-state index in [1.807, 2.05) is 29.1 Å². The van der Waals surface area contributed by atoms with Crippen LogP contribution in [0.15, 0.2) is 60.9 Å². The molecule has 0 radical (unpaired) electrons. The number of hydrogen-bond donors (Lipinski definition) is 1. The molecule has 0 atom stereocenters. The summed E-state index contributed by atoms with van der Waals surface area (Å²) >= 11 is 0. The lowest BCUT2D eigenvalue weighted by Gasteiger charge is -2.27. The van der Waals surface area contributed by atoms with Gasteiger partial charge in [0.15, 0.2) is 12.4 Å². The summed E-state index contributed by atoms with van der Waals surface area (Å²) in [4.78, 5) is 2.61. The highest BCUT2D eigenvalue weighted by molar-refractivity contribution is 7.85. The molecule has 0 fully saturated rings. The van der Waals surface area contributed by atoms with Crippen LogP contribution < -0.4 is 9.47 Å². The van der Waals surface area contributed by atoms with E-state index in [1.165, 1.54) is 73.4 Å². The van der Waals surface area contributed by atoms with E-state index in [2.05, 4.69) is 67.3 Å². The van der Waals surface area contributed by atoms with E-state index >= 15 is 0 Å². The molecule has 0 unspecified atom stereocenters. The number of hydrogen-bond acceptors (Lipinski definition) is 3. The minimum atomic E-state index is -3.91. The van der Waals surface area contributed by atoms with E-state index in [-0.39, 0.29) is 5.75 Å². The van der Waals surface area contributed by atoms with Crippen LogP contribution in [0.1, 0.15) is 82.8 Å². The lowest BCUT2D eigenvalue weighted by atomic mass is 10.0. The van der Waals surface area contributed by atoms with Gasteiger partial charge < -0.3 is 4.90 Å². The minimum Gasteiger partial charge on any atom is -0.371 e. The molecule has 5 nitrogen and oxygen atoms in total. The Balaban J connectivity index is 1.76. The molecule has 1 N–H and O–H groups in total. The van der Waals surface area contributed by atoms with Crippen molar-refractivity contribution in [2.24, 2.45) is 0 Å². The van der Waals surface area contributed by atoms with Crippen molar-refractivity contribution in [3.63, 3.8) is 0 Å². The second-order valence-corrected chi connectivity index (χ2v) is 11.7. The molecule has 0 spiro atoms. The van der Waals surface area contributed by atoms with Crippen molar-refractivity contribution in [2.45, 2.75) is 78.2 Å². The molecule has 0 aliphatic rings. The first-order valence-electron chi connectivity index (χ1n) is 14.3. The number of nitrogens with zero attached hydrogens (tertiary/aromatic N) is 2. The van der Waals surface area contributed by atoms with Gasteiger partial charge >= 0.3 is 0 Å². The zero-order chi connectivity index (χ0) is 27.2. The van der Waals surface area contributed by atoms with Crippen LogP contribution in [-0.2, 0) is 16.7 Å². The summed E-state index contributed by atoms with van der Waals surface area (Å²) in [5.74, 6) is -0.223. The van der Waals surface area contributed by atoms with Crippen LogP contribution in [0.25, 0.3) is 22.9 Å². The van der Waals surface area contributed by atoms with Crippen molar-refractivity contribution in [1.29, 1.82) is 0 Å². The molecular weight excluding hydrogens is 492 g/mol. The smallest absolute Gasteiger partial charge is 0.265 e. The predicted octanol–water partition coefficient (Wildman–Crippen LogP) is 7.54. The molecule has 1 aromatic heterocycles. The van der Waals surface area contributed by atoms with Crippen LogP contribution in [-0.4, -0.2) is 31.8 Å². The van der Waals surface area contributed by atoms with Crippen molar-refractivity contribution in [2.75, 3.05) is 23.7 Å². The van der Waals surface area contributed by atoms with Crippen molar-refractivity contribution in [1.82, 2.24) is 0 Å². The molecule has 0 aliphatic carbocycles. The van der Waals surface area contributed by atoms with Crippen LogP contribution in [0.5, 0.6) is 0 Å². The Bertz CT molecular complexity index is 1240. The van der Waals surface area contributed by atoms with E-state index < -0.39 is 10.1 Å². The third-order valence-corrected chi connectivity index (χ3v) is 7.83. The van der Waals surface area contributed by atoms with E-state index in [1.54, 1.807) is 0 Å². The van der Waals surface area contributed by atoms with Gasteiger partial charge in [0.05, 0.1) is 5.75 Å². The van der Waals surface area contributed by atoms with Gasteiger partial charge in [0, 0.05) is 42.7 Å². The Morgan fingerprint density at radius 3 is 2.03 bits per heavy atom. The van der Waals surface area contributed by atoms with Crippen LogP contribution in [0.3, 0.4) is 0 Å². The maximum absolute atomic E-state index is 10.9. The van der Waals surface area contributed by atoms with Crippen LogP contribution in [0.2, 0.25) is 0 Å². The Hall–Kier alpha value is -2.70. The van der Waals surface area contributed by atoms with Gasteiger partial charge in [-0.05, 0) is 35.4 Å². The summed E-state index contributed by atoms with van der Waals surface area (Å²) in [6, 6.07) is 17.3. The largest absolute Gasteiger partial charge is 0.371 e. The first-order chi connectivity index (χ1) is 18.4. The van der Waals surface area contributed by atoms with Crippen molar-refractivity contribution >= 4 is 38.7 Å². The quantitative estimate of drug-likeness (QED) is 0.110. The summed E-state index contributed by atoms with van der Waals surface area (Å²) in [5.41, 5.74) is 3.63. The summed E-state index contributed by atoms with van der Waals surface area (Å²) < 4.78 is 32.7. The van der Waals surface area contributed by atoms with E-state index in [0.717, 1.165) is 18.7 Å². The standard InChI is InChI=1S/C32H44N2O3S/c1-3-5-7-9-23-34(24-10-8-6-4-2)32-17-12-15-30-29(14-11-16-31(30)32)19-18-28-20-25-33(26-21-28)22-13-27-38(35,36)37/h11-12,14-21,25-26H,3-10,13,22-24,27H2,1-2H3/p+1. The van der Waals surface area contributed by atoms with E-state index in [0.29, 0.717) is 13.0 Å². The van der Waals surface area contributed by atoms with Gasteiger partial charge in [0.25, 0.3) is 10.1 Å². The number of fused-ring (bicyclic) bond motifs is 1. The van der Waals surface area contributed by atoms with Crippen LogP contribution in [0.4, 0.5) is 5.69 Å². The molecule has 0 amide bonds. The number of aromatic nitrogens is 1. The fraction of sp³-hybridized carbons (Fsp3) is 0.469. The number of unbranched alkanes of at least 4 members (excludes halogenated alkanes) is 6. The zero-order valence-corrected chi connectivity index (χ0v) is 24.0. The highest BCUT2D eigenvalue weighted by Gasteiger charge is 2.12. The SMILES string of the molecule is CCCCCCN(CCCCCC)c1cccc2c(/C=C/c3cc[n+](CCCS(=O)(=O)O)cc3)cccc12. The fourth-order valence-corrected chi connectivity index (χ4v) is 5.39. The second kappa shape index (κ2) is 15.6. The van der Waals surface area contributed by atoms with Crippen LogP contribution in [0, 0.1) is 0 Å². The summed E-state index contributed by atoms with van der Waals surface area (Å²) in [7, 11) is -3.91. The zero-order valence-electron chi connectivity index (χ0n) is 23.2. The number of benzene rings is 2. The molecule has 3 aromatic rings. The molecule has 0 saturated carbocycles. The summed E-state index contributed by atoms with van der Waals surface area (Å²) in [6.07, 6.45) is 18.8. The van der Waals surface area contributed by atoms with Crippen molar-refractivity contribution in [3.8, 4) is 0 Å². The summed E-state index contributed by atoms with van der Waals surface area (Å²) in [6.45, 7) is 7.30. The van der Waals surface area contributed by atoms with Crippen molar-refractivity contribution in [3.05, 3.63) is 72.1 Å². The van der Waals surface area contributed by atoms with E-state index in [4.69, 9.17) is 4.55 Å². The van der Waals surface area contributed by atoms with E-state index in [9.17, 15) is 8.42 Å². The monoisotopic (exact) mass is 537 g/mol. The molecule has 1 heterocycles. The molecule has 0 bridgehead atoms.